The van der Waals surface area contributed by atoms with E-state index in [1.165, 1.54) is 49.7 Å². The van der Waals surface area contributed by atoms with Crippen molar-refractivity contribution in [2.75, 3.05) is 0 Å². The van der Waals surface area contributed by atoms with Crippen LogP contribution in [0, 0.1) is 0 Å². The predicted molar refractivity (Wildman–Crippen MR) is 273 cm³/mol. The molecule has 1 aliphatic carbocycles. The van der Waals surface area contributed by atoms with Gasteiger partial charge in [0.15, 0.2) is 17.5 Å². The molecule has 0 spiro atoms. The molecule has 11 rings (SSSR count). The minimum atomic E-state index is -1.64. The van der Waals surface area contributed by atoms with Gasteiger partial charge in [-0.2, -0.15) is 0 Å². The number of hydrogen-bond acceptors (Lipinski definition) is 3. The van der Waals surface area contributed by atoms with Gasteiger partial charge in [0.25, 0.3) is 0 Å². The largest absolute Gasteiger partial charge is 0.208 e. The molecule has 0 bridgehead atoms. The fraction of sp³-hybridized carbons (Fsp3) is 0.0656. The molecule has 0 saturated heterocycles. The Kier molecular flexibility index (Phi) is 10.1. The number of rotatable bonds is 9. The second kappa shape index (κ2) is 16.4. The third-order valence-corrected chi connectivity index (χ3v) is 15.0. The molecule has 3 nitrogen and oxygen atoms in total. The van der Waals surface area contributed by atoms with Crippen molar-refractivity contribution in [1.82, 2.24) is 15.0 Å². The Balaban J connectivity index is 1.02. The highest BCUT2D eigenvalue weighted by Gasteiger charge is 2.46. The molecule has 10 aromatic rings. The average molecular weight is 850 g/mol. The van der Waals surface area contributed by atoms with Crippen molar-refractivity contribution in [3.8, 4) is 78.7 Å². The van der Waals surface area contributed by atoms with Gasteiger partial charge in [-0.15, -0.1) is 0 Å². The Bertz CT molecular complexity index is 3280. The van der Waals surface area contributed by atoms with E-state index in [9.17, 15) is 0 Å². The summed E-state index contributed by atoms with van der Waals surface area (Å²) in [7, 11) is -1.64. The summed E-state index contributed by atoms with van der Waals surface area (Å²) in [6.07, 6.45) is 0. The van der Waals surface area contributed by atoms with Gasteiger partial charge in [-0.1, -0.05) is 237 Å². The van der Waals surface area contributed by atoms with Crippen molar-refractivity contribution in [3.63, 3.8) is 0 Å². The molecule has 65 heavy (non-hydrogen) atoms. The van der Waals surface area contributed by atoms with Crippen LogP contribution in [0.3, 0.4) is 0 Å². The summed E-state index contributed by atoms with van der Waals surface area (Å²) in [5.74, 6) is 1.90. The maximum atomic E-state index is 5.19. The number of hydrogen-bond donors (Lipinski definition) is 0. The minimum Gasteiger partial charge on any atom is -0.208 e. The van der Waals surface area contributed by atoms with E-state index in [4.69, 9.17) is 15.0 Å². The fourth-order valence-electron chi connectivity index (χ4n) is 9.64. The maximum absolute atomic E-state index is 5.19. The SMILES string of the molecule is C[Si](C)(C)c1ccc2c(c1)C(c1ccccc1)(c1ccccc1)c1cc(-c3cccc(-c4nc(-c5ccccc5)nc(-c5ccc(-c6cccc(-c7ccccc7)c6)cc5)n4)c3)ccc1-2. The lowest BCUT2D eigenvalue weighted by Crippen LogP contribution is -2.39. The van der Waals surface area contributed by atoms with E-state index in [0.29, 0.717) is 17.5 Å². The molecule has 0 N–H and O–H groups in total. The van der Waals surface area contributed by atoms with Gasteiger partial charge in [0.1, 0.15) is 0 Å². The van der Waals surface area contributed by atoms with Crippen molar-refractivity contribution in [3.05, 3.63) is 253 Å². The third-order valence-electron chi connectivity index (χ3n) is 13.0. The van der Waals surface area contributed by atoms with E-state index in [1.54, 1.807) is 0 Å². The lowest BCUT2D eigenvalue weighted by molar-refractivity contribution is 0.769. The number of aromatic nitrogens is 3. The monoisotopic (exact) mass is 849 g/mol. The molecule has 4 heteroatoms. The van der Waals surface area contributed by atoms with Crippen molar-refractivity contribution in [1.29, 1.82) is 0 Å². The Labute approximate surface area is 382 Å². The summed E-state index contributed by atoms with van der Waals surface area (Å²) in [6, 6.07) is 83.2. The smallest absolute Gasteiger partial charge is 0.164 e. The molecule has 310 valence electrons. The molecule has 0 fully saturated rings. The van der Waals surface area contributed by atoms with Crippen molar-refractivity contribution < 1.29 is 0 Å². The van der Waals surface area contributed by atoms with Gasteiger partial charge in [0.2, 0.25) is 0 Å². The lowest BCUT2D eigenvalue weighted by atomic mass is 9.67. The first-order valence-corrected chi connectivity index (χ1v) is 25.9. The summed E-state index contributed by atoms with van der Waals surface area (Å²) in [6.45, 7) is 7.32. The Morgan fingerprint density at radius 1 is 0.292 bits per heavy atom. The summed E-state index contributed by atoms with van der Waals surface area (Å²) in [5, 5.41) is 1.46. The van der Waals surface area contributed by atoms with E-state index in [-0.39, 0.29) is 0 Å². The first-order valence-electron chi connectivity index (χ1n) is 22.4. The first kappa shape index (κ1) is 40.0. The van der Waals surface area contributed by atoms with Gasteiger partial charge in [0.05, 0.1) is 13.5 Å². The Morgan fingerprint density at radius 2 is 0.646 bits per heavy atom. The predicted octanol–water partition coefficient (Wildman–Crippen LogP) is 14.8. The van der Waals surface area contributed by atoms with E-state index in [0.717, 1.165) is 38.9 Å². The van der Waals surface area contributed by atoms with Crippen LogP contribution in [0.2, 0.25) is 19.6 Å². The quantitative estimate of drug-likeness (QED) is 0.136. The van der Waals surface area contributed by atoms with Crippen LogP contribution < -0.4 is 5.19 Å². The normalized spacial score (nSPS) is 12.7. The highest BCUT2D eigenvalue weighted by molar-refractivity contribution is 6.88. The van der Waals surface area contributed by atoms with Crippen LogP contribution in [-0.2, 0) is 5.41 Å². The van der Waals surface area contributed by atoms with Gasteiger partial charge in [0, 0.05) is 16.7 Å². The second-order valence-corrected chi connectivity index (χ2v) is 23.1. The zero-order valence-corrected chi connectivity index (χ0v) is 37.8. The standard InChI is InChI=1S/C61H47N3Si/c1-65(2,3)53-35-37-55-54-36-34-49(40-56(54)61(57(55)41-53,51-26-12-6-13-27-51)52-28-14-7-15-29-52)48-24-17-25-50(39-48)60-63-58(44-20-10-5-11-21-44)62-59(64-60)45-32-30-43(31-33-45)47-23-16-22-46(38-47)42-18-8-4-9-19-42/h4-41H,1-3H3. The van der Waals surface area contributed by atoms with Crippen molar-refractivity contribution in [2.24, 2.45) is 0 Å². The van der Waals surface area contributed by atoms with Gasteiger partial charge in [-0.05, 0) is 85.0 Å². The van der Waals surface area contributed by atoms with Crippen LogP contribution in [0.15, 0.2) is 231 Å². The zero-order chi connectivity index (χ0) is 44.0. The van der Waals surface area contributed by atoms with Gasteiger partial charge >= 0.3 is 0 Å². The van der Waals surface area contributed by atoms with Crippen LogP contribution in [0.25, 0.3) is 78.7 Å². The highest BCUT2D eigenvalue weighted by Crippen LogP contribution is 2.56. The molecule has 0 atom stereocenters. The summed E-state index contributed by atoms with van der Waals surface area (Å²) >= 11 is 0. The summed E-state index contributed by atoms with van der Waals surface area (Å²) in [4.78, 5) is 15.4. The van der Waals surface area contributed by atoms with Crippen LogP contribution in [-0.4, -0.2) is 23.0 Å². The Hall–Kier alpha value is -7.79. The van der Waals surface area contributed by atoms with Crippen molar-refractivity contribution >= 4 is 13.3 Å². The molecule has 0 amide bonds. The molecule has 1 aliphatic rings. The van der Waals surface area contributed by atoms with Crippen LogP contribution in [0.4, 0.5) is 0 Å². The summed E-state index contributed by atoms with van der Waals surface area (Å²) < 4.78 is 0. The minimum absolute atomic E-state index is 0.496. The topological polar surface area (TPSA) is 38.7 Å². The zero-order valence-electron chi connectivity index (χ0n) is 36.8. The van der Waals surface area contributed by atoms with Crippen LogP contribution in [0.5, 0.6) is 0 Å². The van der Waals surface area contributed by atoms with Crippen molar-refractivity contribution in [2.45, 2.75) is 25.1 Å². The molecule has 0 unspecified atom stereocenters. The van der Waals surface area contributed by atoms with E-state index < -0.39 is 13.5 Å². The molecular weight excluding hydrogens is 803 g/mol. The molecular formula is C61H47N3Si. The highest BCUT2D eigenvalue weighted by atomic mass is 28.3. The molecule has 1 aromatic heterocycles. The Morgan fingerprint density at radius 3 is 1.20 bits per heavy atom. The number of nitrogens with zero attached hydrogens (tertiary/aromatic N) is 3. The number of fused-ring (bicyclic) bond motifs is 3. The van der Waals surface area contributed by atoms with Gasteiger partial charge in [-0.3, -0.25) is 0 Å². The van der Waals surface area contributed by atoms with Crippen LogP contribution >= 0.6 is 0 Å². The first-order chi connectivity index (χ1) is 31.8. The van der Waals surface area contributed by atoms with E-state index >= 15 is 0 Å². The van der Waals surface area contributed by atoms with Gasteiger partial charge < -0.3 is 0 Å². The average Bonchev–Trinajstić information content (AvgIpc) is 3.67. The molecule has 9 aromatic carbocycles. The number of benzene rings is 9. The molecule has 0 radical (unpaired) electrons. The fourth-order valence-corrected chi connectivity index (χ4v) is 10.8. The van der Waals surface area contributed by atoms with E-state index in [2.05, 4.69) is 232 Å². The maximum Gasteiger partial charge on any atom is 0.164 e. The molecule has 0 aliphatic heterocycles. The summed E-state index contributed by atoms with van der Waals surface area (Å²) in [5.41, 5.74) is 17.0. The third kappa shape index (κ3) is 7.32. The lowest BCUT2D eigenvalue weighted by Gasteiger charge is -2.35. The molecule has 0 saturated carbocycles. The van der Waals surface area contributed by atoms with Gasteiger partial charge in [-0.25, -0.2) is 15.0 Å². The second-order valence-electron chi connectivity index (χ2n) is 18.0. The van der Waals surface area contributed by atoms with E-state index in [1.807, 2.05) is 18.2 Å². The molecule has 1 heterocycles. The van der Waals surface area contributed by atoms with Crippen LogP contribution in [0.1, 0.15) is 22.3 Å².